The second-order valence-corrected chi connectivity index (χ2v) is 7.00. The van der Waals surface area contributed by atoms with Gasteiger partial charge in [-0.2, -0.15) is 5.10 Å². The summed E-state index contributed by atoms with van der Waals surface area (Å²) in [7, 11) is 0. The van der Waals surface area contributed by atoms with E-state index in [0.29, 0.717) is 12.4 Å². The average molecular weight is 415 g/mol. The molecule has 2 heterocycles. The largest absolute Gasteiger partial charge is 0.444 e. The molecule has 0 fully saturated rings. The van der Waals surface area contributed by atoms with Gasteiger partial charge < -0.3 is 15.1 Å². The van der Waals surface area contributed by atoms with Crippen LogP contribution in [0.4, 0.5) is 0 Å². The van der Waals surface area contributed by atoms with Crippen LogP contribution in [0.5, 0.6) is 0 Å². The highest BCUT2D eigenvalue weighted by Crippen LogP contribution is 2.18. The molecule has 158 valence electrons. The summed E-state index contributed by atoms with van der Waals surface area (Å²) in [6.45, 7) is 4.07. The molecule has 31 heavy (non-hydrogen) atoms. The Morgan fingerprint density at radius 3 is 2.61 bits per heavy atom. The van der Waals surface area contributed by atoms with Gasteiger partial charge in [-0.25, -0.2) is 14.7 Å². The minimum atomic E-state index is 0.449. The van der Waals surface area contributed by atoms with Gasteiger partial charge in [-0.1, -0.05) is 30.3 Å². The number of oxazole rings is 1. The first kappa shape index (κ1) is 20.4. The number of aromatic nitrogens is 3. The summed E-state index contributed by atoms with van der Waals surface area (Å²) in [5.74, 6) is 1.38. The Labute approximate surface area is 181 Å². The highest BCUT2D eigenvalue weighted by atomic mass is 16.3. The van der Waals surface area contributed by atoms with Gasteiger partial charge in [0.25, 0.3) is 0 Å². The molecule has 0 bridgehead atoms. The van der Waals surface area contributed by atoms with E-state index in [1.807, 2.05) is 47.3 Å². The Hall–Kier alpha value is -3.87. The van der Waals surface area contributed by atoms with Crippen molar-refractivity contribution >= 4 is 5.96 Å². The highest BCUT2D eigenvalue weighted by molar-refractivity contribution is 5.79. The summed E-state index contributed by atoms with van der Waals surface area (Å²) in [5, 5.41) is 10.9. The van der Waals surface area contributed by atoms with Crippen molar-refractivity contribution in [2.45, 2.75) is 19.9 Å². The van der Waals surface area contributed by atoms with Gasteiger partial charge in [0.05, 0.1) is 12.2 Å². The zero-order valence-corrected chi connectivity index (χ0v) is 17.5. The first-order valence-corrected chi connectivity index (χ1v) is 10.4. The molecule has 0 amide bonds. The minimum absolute atomic E-state index is 0.449. The summed E-state index contributed by atoms with van der Waals surface area (Å²) in [6, 6.07) is 20.2. The van der Waals surface area contributed by atoms with Crippen LogP contribution in [0.3, 0.4) is 0 Å². The van der Waals surface area contributed by atoms with Crippen LogP contribution in [0.15, 0.2) is 88.7 Å². The van der Waals surface area contributed by atoms with Gasteiger partial charge in [-0.05, 0) is 49.2 Å². The Morgan fingerprint density at radius 2 is 1.87 bits per heavy atom. The van der Waals surface area contributed by atoms with E-state index in [1.54, 1.807) is 12.5 Å². The molecule has 0 aliphatic heterocycles. The van der Waals surface area contributed by atoms with Crippen LogP contribution in [-0.4, -0.2) is 33.8 Å². The first-order valence-electron chi connectivity index (χ1n) is 10.4. The van der Waals surface area contributed by atoms with Crippen molar-refractivity contribution in [3.8, 4) is 17.1 Å². The maximum absolute atomic E-state index is 5.59. The maximum atomic E-state index is 5.59. The zero-order chi connectivity index (χ0) is 21.3. The van der Waals surface area contributed by atoms with E-state index in [9.17, 15) is 0 Å². The fourth-order valence-electron chi connectivity index (χ4n) is 3.16. The average Bonchev–Trinajstić information content (AvgIpc) is 3.51. The number of benzene rings is 2. The third-order valence-electron chi connectivity index (χ3n) is 4.73. The van der Waals surface area contributed by atoms with Crippen molar-refractivity contribution in [1.82, 2.24) is 25.4 Å². The third-order valence-corrected chi connectivity index (χ3v) is 4.73. The van der Waals surface area contributed by atoms with Crippen LogP contribution in [0, 0.1) is 0 Å². The van der Waals surface area contributed by atoms with E-state index >= 15 is 0 Å². The predicted molar refractivity (Wildman–Crippen MR) is 122 cm³/mol. The summed E-state index contributed by atoms with van der Waals surface area (Å²) in [4.78, 5) is 9.16. The molecule has 4 aromatic rings. The fourth-order valence-corrected chi connectivity index (χ4v) is 3.16. The monoisotopic (exact) mass is 414 g/mol. The van der Waals surface area contributed by atoms with Crippen molar-refractivity contribution in [1.29, 1.82) is 0 Å². The number of nitrogens with zero attached hydrogens (tertiary/aromatic N) is 4. The third kappa shape index (κ3) is 5.60. The van der Waals surface area contributed by atoms with Crippen LogP contribution >= 0.6 is 0 Å². The van der Waals surface area contributed by atoms with E-state index in [1.165, 1.54) is 5.56 Å². The standard InChI is InChI=1S/C24H26N6O/c1-2-25-24(27-17-21-18-31-23(29-21)20-7-4-3-5-8-20)26-15-13-19-9-11-22(12-10-19)30-16-6-14-28-30/h3-12,14,16,18H,2,13,15,17H2,1H3,(H2,25,26,27). The Morgan fingerprint density at radius 1 is 1.03 bits per heavy atom. The fraction of sp³-hybridized carbons (Fsp3) is 0.208. The van der Waals surface area contributed by atoms with E-state index < -0.39 is 0 Å². The second kappa shape index (κ2) is 10.2. The van der Waals surface area contributed by atoms with Crippen molar-refractivity contribution < 1.29 is 4.42 Å². The van der Waals surface area contributed by atoms with Gasteiger partial charge in [0.2, 0.25) is 5.89 Å². The van der Waals surface area contributed by atoms with Crippen LogP contribution in [0.1, 0.15) is 18.2 Å². The van der Waals surface area contributed by atoms with Gasteiger partial charge in [-0.15, -0.1) is 0 Å². The Bertz CT molecular complexity index is 1080. The molecule has 0 atom stereocenters. The lowest BCUT2D eigenvalue weighted by molar-refractivity contribution is 0.572. The molecule has 7 nitrogen and oxygen atoms in total. The number of aliphatic imine (C=N–C) groups is 1. The molecular weight excluding hydrogens is 388 g/mol. The number of hydrogen-bond donors (Lipinski definition) is 2. The van der Waals surface area contributed by atoms with E-state index in [2.05, 4.69) is 56.9 Å². The molecule has 0 aliphatic carbocycles. The number of hydrogen-bond acceptors (Lipinski definition) is 4. The molecule has 2 aromatic carbocycles. The van der Waals surface area contributed by atoms with Crippen LogP contribution in [0.25, 0.3) is 17.1 Å². The van der Waals surface area contributed by atoms with E-state index in [-0.39, 0.29) is 0 Å². The zero-order valence-electron chi connectivity index (χ0n) is 17.5. The van der Waals surface area contributed by atoms with E-state index in [0.717, 1.165) is 42.4 Å². The quantitative estimate of drug-likeness (QED) is 0.338. The summed E-state index contributed by atoms with van der Waals surface area (Å²) >= 11 is 0. The lowest BCUT2D eigenvalue weighted by Crippen LogP contribution is -2.38. The predicted octanol–water partition coefficient (Wildman–Crippen LogP) is 3.83. The van der Waals surface area contributed by atoms with Gasteiger partial charge in [0.1, 0.15) is 12.0 Å². The van der Waals surface area contributed by atoms with Gasteiger partial charge in [-0.3, -0.25) is 0 Å². The Kier molecular flexibility index (Phi) is 6.74. The molecule has 2 N–H and O–H groups in total. The molecule has 2 aromatic heterocycles. The molecule has 0 aliphatic rings. The molecule has 4 rings (SSSR count). The topological polar surface area (TPSA) is 80.3 Å². The summed E-state index contributed by atoms with van der Waals surface area (Å²) < 4.78 is 7.44. The highest BCUT2D eigenvalue weighted by Gasteiger charge is 2.06. The van der Waals surface area contributed by atoms with Crippen molar-refractivity contribution in [2.24, 2.45) is 4.99 Å². The van der Waals surface area contributed by atoms with Gasteiger partial charge >= 0.3 is 0 Å². The minimum Gasteiger partial charge on any atom is -0.444 e. The summed E-state index contributed by atoms with van der Waals surface area (Å²) in [5.41, 5.74) is 4.06. The lowest BCUT2D eigenvalue weighted by atomic mass is 10.1. The molecule has 0 spiro atoms. The van der Waals surface area contributed by atoms with E-state index in [4.69, 9.17) is 4.42 Å². The number of rotatable bonds is 8. The number of nitrogens with one attached hydrogen (secondary N) is 2. The maximum Gasteiger partial charge on any atom is 0.226 e. The van der Waals surface area contributed by atoms with Crippen molar-refractivity contribution in [3.05, 3.63) is 90.6 Å². The van der Waals surface area contributed by atoms with Crippen LogP contribution in [0.2, 0.25) is 0 Å². The molecule has 0 saturated carbocycles. The lowest BCUT2D eigenvalue weighted by Gasteiger charge is -2.11. The number of guanidine groups is 1. The molecule has 0 radical (unpaired) electrons. The molecule has 7 heteroatoms. The van der Waals surface area contributed by atoms with Gasteiger partial charge in [0, 0.05) is 31.0 Å². The van der Waals surface area contributed by atoms with Crippen LogP contribution < -0.4 is 10.6 Å². The van der Waals surface area contributed by atoms with Crippen molar-refractivity contribution in [2.75, 3.05) is 13.1 Å². The summed E-state index contributed by atoms with van der Waals surface area (Å²) in [6.07, 6.45) is 6.27. The normalized spacial score (nSPS) is 11.5. The second-order valence-electron chi connectivity index (χ2n) is 7.00. The van der Waals surface area contributed by atoms with Crippen LogP contribution in [-0.2, 0) is 13.0 Å². The van der Waals surface area contributed by atoms with Crippen molar-refractivity contribution in [3.63, 3.8) is 0 Å². The first-order chi connectivity index (χ1) is 15.3. The van der Waals surface area contributed by atoms with Gasteiger partial charge in [0.15, 0.2) is 5.96 Å². The SMILES string of the molecule is CCNC(=NCc1coc(-c2ccccc2)n1)NCCc1ccc(-n2cccn2)cc1. The smallest absolute Gasteiger partial charge is 0.226 e. The molecule has 0 unspecified atom stereocenters. The molecular formula is C24H26N6O. The molecule has 0 saturated heterocycles. The Balaban J connectivity index is 1.30.